The zero-order valence-electron chi connectivity index (χ0n) is 12.1. The van der Waals surface area contributed by atoms with Gasteiger partial charge in [-0.1, -0.05) is 22.0 Å². The maximum absolute atomic E-state index is 11.7. The van der Waals surface area contributed by atoms with Gasteiger partial charge in [-0.25, -0.2) is 4.79 Å². The molecule has 1 aliphatic heterocycles. The molecule has 6 heteroatoms. The molecule has 2 aliphatic rings. The molecule has 0 unspecified atom stereocenters. The van der Waals surface area contributed by atoms with Crippen LogP contribution >= 0.6 is 15.9 Å². The Morgan fingerprint density at radius 2 is 2.09 bits per heavy atom. The van der Waals surface area contributed by atoms with Crippen molar-refractivity contribution in [3.8, 4) is 11.1 Å². The monoisotopic (exact) mass is 372 g/mol. The lowest BCUT2D eigenvalue weighted by molar-refractivity contribution is 0.0999. The molecule has 1 fully saturated rings. The van der Waals surface area contributed by atoms with Gasteiger partial charge in [0, 0.05) is 21.3 Å². The minimum Gasteiger partial charge on any atom is -0.447 e. The molecule has 2 N–H and O–H groups in total. The molecule has 0 aromatic heterocycles. The zero-order valence-corrected chi connectivity index (χ0v) is 13.7. The van der Waals surface area contributed by atoms with Crippen LogP contribution in [0.3, 0.4) is 0 Å². The van der Waals surface area contributed by atoms with Gasteiger partial charge < -0.3 is 10.5 Å². The highest BCUT2D eigenvalue weighted by Gasteiger charge is 2.28. The number of hydrogen-bond donors (Lipinski definition) is 1. The lowest BCUT2D eigenvalue weighted by atomic mass is 10.0. The van der Waals surface area contributed by atoms with Gasteiger partial charge in [0.1, 0.15) is 6.61 Å². The summed E-state index contributed by atoms with van der Waals surface area (Å²) in [6.45, 7) is 0.967. The SMILES string of the molecule is NC(=O)c1ccc(Br)c2c1Cc1cc(N3CCOC3=O)ccc1-2. The Kier molecular flexibility index (Phi) is 3.16. The first-order valence-electron chi connectivity index (χ1n) is 7.25. The smallest absolute Gasteiger partial charge is 0.414 e. The number of primary amides is 1. The van der Waals surface area contributed by atoms with E-state index in [1.807, 2.05) is 24.3 Å². The van der Waals surface area contributed by atoms with Crippen molar-refractivity contribution in [1.29, 1.82) is 0 Å². The van der Waals surface area contributed by atoms with Crippen molar-refractivity contribution in [2.45, 2.75) is 6.42 Å². The van der Waals surface area contributed by atoms with E-state index in [9.17, 15) is 9.59 Å². The lowest BCUT2D eigenvalue weighted by Gasteiger charge is -2.14. The van der Waals surface area contributed by atoms with E-state index in [0.717, 1.165) is 32.4 Å². The third-order valence-corrected chi connectivity index (χ3v) is 4.99. The molecule has 0 bridgehead atoms. The first-order chi connectivity index (χ1) is 11.1. The van der Waals surface area contributed by atoms with Crippen molar-refractivity contribution in [3.05, 3.63) is 51.5 Å². The Labute approximate surface area is 141 Å². The highest BCUT2D eigenvalue weighted by molar-refractivity contribution is 9.10. The van der Waals surface area contributed by atoms with E-state index in [1.54, 1.807) is 11.0 Å². The molecule has 23 heavy (non-hydrogen) atoms. The maximum atomic E-state index is 11.7. The molecule has 1 saturated heterocycles. The van der Waals surface area contributed by atoms with E-state index in [-0.39, 0.29) is 6.09 Å². The van der Waals surface area contributed by atoms with Gasteiger partial charge in [0.15, 0.2) is 0 Å². The Balaban J connectivity index is 1.82. The first-order valence-corrected chi connectivity index (χ1v) is 8.04. The van der Waals surface area contributed by atoms with E-state index in [0.29, 0.717) is 25.1 Å². The normalized spacial score (nSPS) is 15.3. The Bertz CT molecular complexity index is 863. The van der Waals surface area contributed by atoms with Crippen molar-refractivity contribution in [1.82, 2.24) is 0 Å². The predicted octanol–water partition coefficient (Wildman–Crippen LogP) is 3.08. The molecule has 1 aliphatic carbocycles. The standard InChI is InChI=1S/C17H13BrN2O3/c18-14-4-3-12(16(19)21)13-8-9-7-10(1-2-11(9)15(13)14)20-5-6-23-17(20)22/h1-4,7H,5-6,8H2,(H2,19,21). The molecule has 2 aromatic rings. The highest BCUT2D eigenvalue weighted by Crippen LogP contribution is 2.44. The molecule has 0 spiro atoms. The van der Waals surface area contributed by atoms with Crippen molar-refractivity contribution in [2.75, 3.05) is 18.1 Å². The van der Waals surface area contributed by atoms with Crippen LogP contribution in [0.5, 0.6) is 0 Å². The molecule has 0 atom stereocenters. The molecule has 0 radical (unpaired) electrons. The summed E-state index contributed by atoms with van der Waals surface area (Å²) >= 11 is 3.56. The van der Waals surface area contributed by atoms with Gasteiger partial charge >= 0.3 is 6.09 Å². The minimum absolute atomic E-state index is 0.320. The Morgan fingerprint density at radius 1 is 1.26 bits per heavy atom. The van der Waals surface area contributed by atoms with Crippen LogP contribution in [0.1, 0.15) is 21.5 Å². The molecular formula is C17H13BrN2O3. The van der Waals surface area contributed by atoms with Crippen LogP contribution < -0.4 is 10.6 Å². The second-order valence-corrected chi connectivity index (χ2v) is 6.45. The van der Waals surface area contributed by atoms with Crippen LogP contribution in [0.25, 0.3) is 11.1 Å². The fraction of sp³-hybridized carbons (Fsp3) is 0.176. The average Bonchev–Trinajstić information content (AvgIpc) is 3.10. The van der Waals surface area contributed by atoms with Crippen LogP contribution in [0.2, 0.25) is 0 Å². The summed E-state index contributed by atoms with van der Waals surface area (Å²) in [5.41, 5.74) is 10.9. The number of amides is 2. The number of ether oxygens (including phenoxy) is 1. The summed E-state index contributed by atoms with van der Waals surface area (Å²) in [4.78, 5) is 25.0. The number of fused-ring (bicyclic) bond motifs is 3. The van der Waals surface area contributed by atoms with Gasteiger partial charge in [0.25, 0.3) is 0 Å². The number of cyclic esters (lactones) is 1. The number of carbonyl (C=O) groups excluding carboxylic acids is 2. The number of benzene rings is 2. The quantitative estimate of drug-likeness (QED) is 0.751. The second kappa shape index (κ2) is 5.09. The van der Waals surface area contributed by atoms with Crippen molar-refractivity contribution in [3.63, 3.8) is 0 Å². The molecule has 1 heterocycles. The third kappa shape index (κ3) is 2.13. The van der Waals surface area contributed by atoms with Crippen molar-refractivity contribution < 1.29 is 14.3 Å². The van der Waals surface area contributed by atoms with E-state index < -0.39 is 5.91 Å². The number of hydrogen-bond acceptors (Lipinski definition) is 3. The fourth-order valence-electron chi connectivity index (χ4n) is 3.28. The number of anilines is 1. The van der Waals surface area contributed by atoms with E-state index >= 15 is 0 Å². The molecule has 2 amide bonds. The second-order valence-electron chi connectivity index (χ2n) is 5.60. The summed E-state index contributed by atoms with van der Waals surface area (Å²) in [6, 6.07) is 9.47. The van der Waals surface area contributed by atoms with Gasteiger partial charge in [-0.15, -0.1) is 0 Å². The number of nitrogens with two attached hydrogens (primary N) is 1. The van der Waals surface area contributed by atoms with E-state index in [4.69, 9.17) is 10.5 Å². The van der Waals surface area contributed by atoms with Crippen LogP contribution in [0.15, 0.2) is 34.8 Å². The van der Waals surface area contributed by atoms with Crippen LogP contribution in [-0.4, -0.2) is 25.2 Å². The van der Waals surface area contributed by atoms with Gasteiger partial charge in [-0.05, 0) is 47.4 Å². The molecule has 5 nitrogen and oxygen atoms in total. The minimum atomic E-state index is -0.426. The van der Waals surface area contributed by atoms with Gasteiger partial charge in [-0.3, -0.25) is 9.69 Å². The number of nitrogens with zero attached hydrogens (tertiary/aromatic N) is 1. The highest BCUT2D eigenvalue weighted by atomic mass is 79.9. The number of carbonyl (C=O) groups is 2. The average molecular weight is 373 g/mol. The number of rotatable bonds is 2. The summed E-state index contributed by atoms with van der Waals surface area (Å²) in [5, 5.41) is 0. The maximum Gasteiger partial charge on any atom is 0.414 e. The molecule has 0 saturated carbocycles. The van der Waals surface area contributed by atoms with Crippen LogP contribution in [0, 0.1) is 0 Å². The summed E-state index contributed by atoms with van der Waals surface area (Å²) in [5.74, 6) is -0.426. The first kappa shape index (κ1) is 14.3. The third-order valence-electron chi connectivity index (χ3n) is 4.33. The van der Waals surface area contributed by atoms with Crippen LogP contribution in [0.4, 0.5) is 10.5 Å². The summed E-state index contributed by atoms with van der Waals surface area (Å²) in [6.07, 6.45) is 0.304. The fourth-order valence-corrected chi connectivity index (χ4v) is 3.87. The van der Waals surface area contributed by atoms with E-state index in [2.05, 4.69) is 15.9 Å². The molecule has 4 rings (SSSR count). The molecule has 116 valence electrons. The lowest BCUT2D eigenvalue weighted by Crippen LogP contribution is -2.23. The Morgan fingerprint density at radius 3 is 2.78 bits per heavy atom. The van der Waals surface area contributed by atoms with Gasteiger partial charge in [0.2, 0.25) is 5.91 Å². The zero-order chi connectivity index (χ0) is 16.1. The largest absolute Gasteiger partial charge is 0.447 e. The number of halogens is 1. The van der Waals surface area contributed by atoms with Gasteiger partial charge in [0.05, 0.1) is 6.54 Å². The van der Waals surface area contributed by atoms with Crippen molar-refractivity contribution in [2.24, 2.45) is 5.73 Å². The Hall–Kier alpha value is -2.34. The summed E-state index contributed by atoms with van der Waals surface area (Å²) < 4.78 is 5.92. The molecule has 2 aromatic carbocycles. The van der Waals surface area contributed by atoms with Gasteiger partial charge in [-0.2, -0.15) is 0 Å². The topological polar surface area (TPSA) is 72.6 Å². The van der Waals surface area contributed by atoms with Crippen LogP contribution in [-0.2, 0) is 11.2 Å². The predicted molar refractivity (Wildman–Crippen MR) is 89.6 cm³/mol. The molecular weight excluding hydrogens is 360 g/mol. The van der Waals surface area contributed by atoms with Crippen molar-refractivity contribution >= 4 is 33.6 Å². The van der Waals surface area contributed by atoms with E-state index in [1.165, 1.54) is 0 Å². The summed E-state index contributed by atoms with van der Waals surface area (Å²) in [7, 11) is 0.